The van der Waals surface area contributed by atoms with E-state index in [9.17, 15) is 9.59 Å². The normalized spacial score (nSPS) is 17.8. The van der Waals surface area contributed by atoms with Crippen molar-refractivity contribution in [3.8, 4) is 0 Å². The minimum atomic E-state index is -0.138. The van der Waals surface area contributed by atoms with Crippen LogP contribution >= 0.6 is 0 Å². The highest BCUT2D eigenvalue weighted by molar-refractivity contribution is 5.89. The molecule has 2 atom stereocenters. The molecule has 0 spiro atoms. The summed E-state index contributed by atoms with van der Waals surface area (Å²) >= 11 is 0. The quantitative estimate of drug-likeness (QED) is 0.593. The molecule has 1 fully saturated rings. The number of hydrogen-bond acceptors (Lipinski definition) is 3. The van der Waals surface area contributed by atoms with Gasteiger partial charge in [0.15, 0.2) is 0 Å². The zero-order chi connectivity index (χ0) is 20.2. The van der Waals surface area contributed by atoms with E-state index in [1.165, 1.54) is 0 Å². The molecule has 150 valence electrons. The second-order valence-electron chi connectivity index (χ2n) is 7.65. The van der Waals surface area contributed by atoms with Gasteiger partial charge in [0.05, 0.1) is 18.9 Å². The molecule has 1 N–H and O–H groups in total. The molecule has 0 radical (unpaired) electrons. The van der Waals surface area contributed by atoms with Gasteiger partial charge in [-0.3, -0.25) is 9.59 Å². The van der Waals surface area contributed by atoms with Gasteiger partial charge in [0, 0.05) is 30.2 Å². The van der Waals surface area contributed by atoms with Gasteiger partial charge in [0.25, 0.3) is 0 Å². The Morgan fingerprint density at radius 1 is 1.10 bits per heavy atom. The van der Waals surface area contributed by atoms with Crippen LogP contribution in [0.4, 0.5) is 0 Å². The summed E-state index contributed by atoms with van der Waals surface area (Å²) in [4.78, 5) is 30.3. The van der Waals surface area contributed by atoms with E-state index in [1.807, 2.05) is 72.6 Å². The van der Waals surface area contributed by atoms with E-state index in [4.69, 9.17) is 4.74 Å². The summed E-state index contributed by atoms with van der Waals surface area (Å²) in [5.41, 5.74) is 3.13. The molecule has 1 heterocycles. The SMILES string of the molecule is CCOC(=O)[C@@H]1C[C@@H]1CN(Cc1ccccc1)C(=O)Cc1c[nH]c2ccccc12. The van der Waals surface area contributed by atoms with Crippen LogP contribution in [-0.2, 0) is 27.3 Å². The molecule has 1 aliphatic carbocycles. The Morgan fingerprint density at radius 3 is 2.66 bits per heavy atom. The lowest BCUT2D eigenvalue weighted by atomic mass is 10.1. The number of aromatic amines is 1. The van der Waals surface area contributed by atoms with E-state index in [0.717, 1.165) is 28.5 Å². The topological polar surface area (TPSA) is 62.4 Å². The molecule has 1 amide bonds. The van der Waals surface area contributed by atoms with Crippen LogP contribution in [-0.4, -0.2) is 34.9 Å². The average Bonchev–Trinajstić information content (AvgIpc) is 3.40. The van der Waals surface area contributed by atoms with Gasteiger partial charge in [0.1, 0.15) is 0 Å². The molecule has 0 unspecified atom stereocenters. The van der Waals surface area contributed by atoms with E-state index in [1.54, 1.807) is 0 Å². The Morgan fingerprint density at radius 2 is 1.86 bits per heavy atom. The number of aromatic nitrogens is 1. The maximum absolute atomic E-state index is 13.2. The van der Waals surface area contributed by atoms with Crippen LogP contribution in [0.2, 0.25) is 0 Å². The number of fused-ring (bicyclic) bond motifs is 1. The molecule has 1 aromatic heterocycles. The van der Waals surface area contributed by atoms with Crippen LogP contribution in [0.15, 0.2) is 60.8 Å². The number of carbonyl (C=O) groups is 2. The van der Waals surface area contributed by atoms with E-state index in [-0.39, 0.29) is 23.7 Å². The molecule has 0 bridgehead atoms. The predicted molar refractivity (Wildman–Crippen MR) is 112 cm³/mol. The Kier molecular flexibility index (Phi) is 5.65. The van der Waals surface area contributed by atoms with Crippen molar-refractivity contribution in [2.75, 3.05) is 13.2 Å². The third-order valence-corrected chi connectivity index (χ3v) is 5.55. The largest absolute Gasteiger partial charge is 0.466 e. The Bertz CT molecular complexity index is 996. The third kappa shape index (κ3) is 4.50. The summed E-state index contributed by atoms with van der Waals surface area (Å²) in [7, 11) is 0. The van der Waals surface area contributed by atoms with Crippen molar-refractivity contribution in [2.24, 2.45) is 11.8 Å². The summed E-state index contributed by atoms with van der Waals surface area (Å²) < 4.78 is 5.14. The van der Waals surface area contributed by atoms with Gasteiger partial charge in [0.2, 0.25) is 5.91 Å². The fraction of sp³-hybridized carbons (Fsp3) is 0.333. The van der Waals surface area contributed by atoms with Gasteiger partial charge in [-0.05, 0) is 36.5 Å². The molecule has 5 nitrogen and oxygen atoms in total. The van der Waals surface area contributed by atoms with Gasteiger partial charge in [-0.25, -0.2) is 0 Å². The van der Waals surface area contributed by atoms with Gasteiger partial charge in [-0.2, -0.15) is 0 Å². The smallest absolute Gasteiger partial charge is 0.309 e. The van der Waals surface area contributed by atoms with Crippen LogP contribution in [0.25, 0.3) is 10.9 Å². The lowest BCUT2D eigenvalue weighted by molar-refractivity contribution is -0.145. The van der Waals surface area contributed by atoms with Crippen molar-refractivity contribution in [3.05, 3.63) is 71.9 Å². The number of hydrogen-bond donors (Lipinski definition) is 1. The molecule has 5 heteroatoms. The summed E-state index contributed by atoms with van der Waals surface area (Å²) in [6, 6.07) is 18.0. The van der Waals surface area contributed by atoms with Crippen molar-refractivity contribution in [1.82, 2.24) is 9.88 Å². The number of nitrogens with one attached hydrogen (secondary N) is 1. The number of benzene rings is 2. The number of rotatable bonds is 8. The fourth-order valence-corrected chi connectivity index (χ4v) is 3.88. The first kappa shape index (κ1) is 19.2. The van der Waals surface area contributed by atoms with E-state index >= 15 is 0 Å². The minimum absolute atomic E-state index is 0.0749. The Labute approximate surface area is 170 Å². The zero-order valence-electron chi connectivity index (χ0n) is 16.6. The predicted octanol–water partition coefficient (Wildman–Crippen LogP) is 3.94. The van der Waals surface area contributed by atoms with Gasteiger partial charge < -0.3 is 14.6 Å². The van der Waals surface area contributed by atoms with Gasteiger partial charge in [-0.1, -0.05) is 48.5 Å². The van der Waals surface area contributed by atoms with Crippen molar-refractivity contribution in [2.45, 2.75) is 26.3 Å². The maximum atomic E-state index is 13.2. The number of carbonyl (C=O) groups excluding carboxylic acids is 2. The lowest BCUT2D eigenvalue weighted by Crippen LogP contribution is -2.34. The van der Waals surface area contributed by atoms with Crippen LogP contribution in [0.1, 0.15) is 24.5 Å². The third-order valence-electron chi connectivity index (χ3n) is 5.55. The van der Waals surface area contributed by atoms with Gasteiger partial charge >= 0.3 is 5.97 Å². The lowest BCUT2D eigenvalue weighted by Gasteiger charge is -2.23. The number of para-hydroxylation sites is 1. The van der Waals surface area contributed by atoms with Crippen LogP contribution < -0.4 is 0 Å². The van der Waals surface area contributed by atoms with Gasteiger partial charge in [-0.15, -0.1) is 0 Å². The van der Waals surface area contributed by atoms with Crippen molar-refractivity contribution < 1.29 is 14.3 Å². The number of nitrogens with zero attached hydrogens (tertiary/aromatic N) is 1. The Hall–Kier alpha value is -3.08. The van der Waals surface area contributed by atoms with E-state index in [2.05, 4.69) is 4.98 Å². The molecule has 1 saturated carbocycles. The van der Waals surface area contributed by atoms with Crippen molar-refractivity contribution in [1.29, 1.82) is 0 Å². The first-order chi connectivity index (χ1) is 14.2. The van der Waals surface area contributed by atoms with Crippen LogP contribution in [0.3, 0.4) is 0 Å². The highest BCUT2D eigenvalue weighted by Gasteiger charge is 2.45. The molecule has 4 rings (SSSR count). The van der Waals surface area contributed by atoms with Crippen LogP contribution in [0, 0.1) is 11.8 Å². The molecule has 29 heavy (non-hydrogen) atoms. The Balaban J connectivity index is 1.48. The number of esters is 1. The van der Waals surface area contributed by atoms with Crippen LogP contribution in [0.5, 0.6) is 0 Å². The monoisotopic (exact) mass is 390 g/mol. The summed E-state index contributed by atoms with van der Waals surface area (Å²) in [6.07, 6.45) is 3.06. The first-order valence-electron chi connectivity index (χ1n) is 10.2. The fourth-order valence-electron chi connectivity index (χ4n) is 3.88. The number of ether oxygens (including phenoxy) is 1. The molecular weight excluding hydrogens is 364 g/mol. The second kappa shape index (κ2) is 8.52. The zero-order valence-corrected chi connectivity index (χ0v) is 16.6. The molecule has 1 aliphatic rings. The second-order valence-corrected chi connectivity index (χ2v) is 7.65. The summed E-state index contributed by atoms with van der Waals surface area (Å²) in [6.45, 7) is 3.35. The highest BCUT2D eigenvalue weighted by atomic mass is 16.5. The molecular formula is C24H26N2O3. The summed E-state index contributed by atoms with van der Waals surface area (Å²) in [5.74, 6) is 0.0492. The standard InChI is InChI=1S/C24H26N2O3/c1-2-29-24(28)21-12-19(21)16-26(15-17-8-4-3-5-9-17)23(27)13-18-14-25-22-11-7-6-10-20(18)22/h3-11,14,19,21,25H,2,12-13,15-16H2,1H3/t19-,21-/m1/s1. The summed E-state index contributed by atoms with van der Waals surface area (Å²) in [5, 5.41) is 1.08. The number of H-pyrrole nitrogens is 1. The van der Waals surface area contributed by atoms with E-state index in [0.29, 0.717) is 26.1 Å². The van der Waals surface area contributed by atoms with Crippen molar-refractivity contribution >= 4 is 22.8 Å². The first-order valence-corrected chi connectivity index (χ1v) is 10.2. The average molecular weight is 390 g/mol. The molecule has 0 aliphatic heterocycles. The number of amides is 1. The van der Waals surface area contributed by atoms with E-state index < -0.39 is 0 Å². The maximum Gasteiger partial charge on any atom is 0.309 e. The van der Waals surface area contributed by atoms with Crippen molar-refractivity contribution in [3.63, 3.8) is 0 Å². The molecule has 3 aromatic rings. The minimum Gasteiger partial charge on any atom is -0.466 e. The molecule has 2 aromatic carbocycles. The highest BCUT2D eigenvalue weighted by Crippen LogP contribution is 2.40. The molecule has 0 saturated heterocycles.